The summed E-state index contributed by atoms with van der Waals surface area (Å²) in [5.41, 5.74) is 2.92. The van der Waals surface area contributed by atoms with Gasteiger partial charge in [-0.25, -0.2) is 0 Å². The number of hydrogen-bond acceptors (Lipinski definition) is 3. The molecule has 4 nitrogen and oxygen atoms in total. The second-order valence-electron chi connectivity index (χ2n) is 5.06. The summed E-state index contributed by atoms with van der Waals surface area (Å²) in [4.78, 5) is 11.8. The zero-order valence-electron chi connectivity index (χ0n) is 10.8. The maximum atomic E-state index is 11.8. The first-order valence-corrected chi connectivity index (χ1v) is 6.57. The van der Waals surface area contributed by atoms with Gasteiger partial charge in [-0.05, 0) is 19.8 Å². The number of aromatic nitrogens is 1. The van der Waals surface area contributed by atoms with Crippen molar-refractivity contribution in [1.29, 1.82) is 0 Å². The summed E-state index contributed by atoms with van der Waals surface area (Å²) < 4.78 is 5.16. The van der Waals surface area contributed by atoms with Crippen LogP contribution in [0.1, 0.15) is 24.8 Å². The van der Waals surface area contributed by atoms with Gasteiger partial charge < -0.3 is 4.52 Å². The highest BCUT2D eigenvalue weighted by molar-refractivity contribution is 5.92. The topological polar surface area (TPSA) is 55.1 Å². The van der Waals surface area contributed by atoms with E-state index in [1.165, 1.54) is 5.56 Å². The fourth-order valence-corrected chi connectivity index (χ4v) is 2.09. The number of benzene rings is 1. The van der Waals surface area contributed by atoms with Gasteiger partial charge in [-0.3, -0.25) is 10.1 Å². The average molecular weight is 256 g/mol. The highest BCUT2D eigenvalue weighted by atomic mass is 16.5. The van der Waals surface area contributed by atoms with Crippen LogP contribution in [0, 0.1) is 12.8 Å². The Morgan fingerprint density at radius 3 is 2.68 bits per heavy atom. The van der Waals surface area contributed by atoms with Crippen LogP contribution >= 0.6 is 0 Å². The first-order chi connectivity index (χ1) is 9.22. The van der Waals surface area contributed by atoms with E-state index < -0.39 is 0 Å². The summed E-state index contributed by atoms with van der Waals surface area (Å²) >= 11 is 0. The molecule has 0 atom stereocenters. The molecule has 0 unspecified atom stereocenters. The van der Waals surface area contributed by atoms with E-state index in [-0.39, 0.29) is 11.8 Å². The second kappa shape index (κ2) is 4.88. The number of nitrogens with one attached hydrogen (secondary N) is 1. The summed E-state index contributed by atoms with van der Waals surface area (Å²) in [5, 5.41) is 6.76. The van der Waals surface area contributed by atoms with Crippen molar-refractivity contribution in [3.63, 3.8) is 0 Å². The van der Waals surface area contributed by atoms with Gasteiger partial charge >= 0.3 is 0 Å². The molecule has 19 heavy (non-hydrogen) atoms. The van der Waals surface area contributed by atoms with Gasteiger partial charge in [0, 0.05) is 17.5 Å². The zero-order chi connectivity index (χ0) is 13.2. The molecule has 3 rings (SSSR count). The predicted octanol–water partition coefficient (Wildman–Crippen LogP) is 3.39. The van der Waals surface area contributed by atoms with Crippen molar-refractivity contribution in [3.8, 4) is 11.3 Å². The van der Waals surface area contributed by atoms with Crippen molar-refractivity contribution in [2.45, 2.75) is 26.2 Å². The lowest BCUT2D eigenvalue weighted by atomic mass is 9.85. The number of carbonyl (C=O) groups excluding carboxylic acids is 1. The van der Waals surface area contributed by atoms with Crippen molar-refractivity contribution in [1.82, 2.24) is 5.16 Å². The molecule has 1 aliphatic carbocycles. The monoisotopic (exact) mass is 256 g/mol. The van der Waals surface area contributed by atoms with E-state index in [1.54, 1.807) is 6.07 Å². The van der Waals surface area contributed by atoms with Gasteiger partial charge in [-0.15, -0.1) is 0 Å². The molecule has 1 aromatic heterocycles. The largest absolute Gasteiger partial charge is 0.338 e. The highest BCUT2D eigenvalue weighted by Crippen LogP contribution is 2.28. The average Bonchev–Trinajstić information content (AvgIpc) is 2.76. The maximum Gasteiger partial charge on any atom is 0.231 e. The molecular weight excluding hydrogens is 240 g/mol. The van der Waals surface area contributed by atoms with Gasteiger partial charge in [0.05, 0.1) is 0 Å². The third-order valence-corrected chi connectivity index (χ3v) is 3.58. The molecule has 1 aromatic carbocycles. The fourth-order valence-electron chi connectivity index (χ4n) is 2.09. The Balaban J connectivity index is 1.72. The Morgan fingerprint density at radius 2 is 2.05 bits per heavy atom. The van der Waals surface area contributed by atoms with Crippen molar-refractivity contribution in [3.05, 3.63) is 35.9 Å². The molecule has 4 heteroatoms. The number of hydrogen-bond donors (Lipinski definition) is 1. The van der Waals surface area contributed by atoms with Gasteiger partial charge in [-0.2, -0.15) is 0 Å². The lowest BCUT2D eigenvalue weighted by molar-refractivity contribution is -0.122. The molecular formula is C15H16N2O2. The predicted molar refractivity (Wildman–Crippen MR) is 72.6 cm³/mol. The summed E-state index contributed by atoms with van der Waals surface area (Å²) in [6, 6.07) is 9.80. The Bertz CT molecular complexity index is 582. The normalized spacial score (nSPS) is 15.0. The van der Waals surface area contributed by atoms with Gasteiger partial charge in [0.15, 0.2) is 0 Å². The molecule has 0 spiro atoms. The van der Waals surface area contributed by atoms with E-state index in [4.69, 9.17) is 4.52 Å². The van der Waals surface area contributed by atoms with E-state index in [9.17, 15) is 4.79 Å². The molecule has 1 saturated carbocycles. The van der Waals surface area contributed by atoms with E-state index in [0.717, 1.165) is 30.5 Å². The van der Waals surface area contributed by atoms with Crippen molar-refractivity contribution in [2.24, 2.45) is 5.92 Å². The molecule has 0 radical (unpaired) electrons. The first kappa shape index (κ1) is 12.0. The summed E-state index contributed by atoms with van der Waals surface area (Å²) in [6.07, 6.45) is 3.10. The van der Waals surface area contributed by atoms with Crippen LogP contribution in [-0.2, 0) is 4.79 Å². The number of aryl methyl sites for hydroxylation is 1. The van der Waals surface area contributed by atoms with Gasteiger partial charge in [0.2, 0.25) is 11.8 Å². The standard InChI is InChI=1S/C15H16N2O2/c1-10-5-7-11(8-6-10)13-9-14(19-17-13)16-15(18)12-3-2-4-12/h5-9,12H,2-4H2,1H3,(H,16,18). The minimum absolute atomic E-state index is 0.0397. The van der Waals surface area contributed by atoms with Gasteiger partial charge in [-0.1, -0.05) is 41.4 Å². The lowest BCUT2D eigenvalue weighted by Gasteiger charge is -2.23. The van der Waals surface area contributed by atoms with Crippen molar-refractivity contribution in [2.75, 3.05) is 5.32 Å². The fraction of sp³-hybridized carbons (Fsp3) is 0.333. The quantitative estimate of drug-likeness (QED) is 0.915. The van der Waals surface area contributed by atoms with Crippen molar-refractivity contribution < 1.29 is 9.32 Å². The van der Waals surface area contributed by atoms with Crippen molar-refractivity contribution >= 4 is 11.8 Å². The lowest BCUT2D eigenvalue weighted by Crippen LogP contribution is -2.27. The molecule has 1 amide bonds. The van der Waals surface area contributed by atoms with Crippen LogP contribution in [0.4, 0.5) is 5.88 Å². The summed E-state index contributed by atoms with van der Waals surface area (Å²) in [6.45, 7) is 2.04. The molecule has 1 aliphatic rings. The van der Waals surface area contributed by atoms with E-state index in [0.29, 0.717) is 5.88 Å². The van der Waals surface area contributed by atoms with E-state index in [1.807, 2.05) is 31.2 Å². The minimum Gasteiger partial charge on any atom is -0.338 e. The highest BCUT2D eigenvalue weighted by Gasteiger charge is 2.26. The molecule has 1 N–H and O–H groups in total. The number of rotatable bonds is 3. The smallest absolute Gasteiger partial charge is 0.231 e. The molecule has 1 heterocycles. The summed E-state index contributed by atoms with van der Waals surface area (Å²) in [5.74, 6) is 0.609. The third kappa shape index (κ3) is 2.52. The third-order valence-electron chi connectivity index (χ3n) is 3.58. The number of anilines is 1. The number of amides is 1. The maximum absolute atomic E-state index is 11.8. The number of carbonyl (C=O) groups is 1. The Hall–Kier alpha value is -2.10. The molecule has 2 aromatic rings. The van der Waals surface area contributed by atoms with Crippen LogP contribution < -0.4 is 5.32 Å². The van der Waals surface area contributed by atoms with Crippen LogP contribution in [0.15, 0.2) is 34.9 Å². The Morgan fingerprint density at radius 1 is 1.32 bits per heavy atom. The molecule has 0 saturated heterocycles. The Kier molecular flexibility index (Phi) is 3.07. The molecule has 1 fully saturated rings. The SMILES string of the molecule is Cc1ccc(-c2cc(NC(=O)C3CCC3)on2)cc1. The molecule has 98 valence electrons. The van der Waals surface area contributed by atoms with Crippen LogP contribution in [0.5, 0.6) is 0 Å². The molecule has 0 bridgehead atoms. The number of nitrogens with zero attached hydrogens (tertiary/aromatic N) is 1. The summed E-state index contributed by atoms with van der Waals surface area (Å²) in [7, 11) is 0. The zero-order valence-corrected chi connectivity index (χ0v) is 10.8. The van der Waals surface area contributed by atoms with Crippen LogP contribution in [0.2, 0.25) is 0 Å². The first-order valence-electron chi connectivity index (χ1n) is 6.57. The van der Waals surface area contributed by atoms with Crippen LogP contribution in [-0.4, -0.2) is 11.1 Å². The van der Waals surface area contributed by atoms with Gasteiger partial charge in [0.25, 0.3) is 0 Å². The van der Waals surface area contributed by atoms with E-state index >= 15 is 0 Å². The Labute approximate surface area is 111 Å². The minimum atomic E-state index is 0.0397. The van der Waals surface area contributed by atoms with Crippen LogP contribution in [0.3, 0.4) is 0 Å². The second-order valence-corrected chi connectivity index (χ2v) is 5.06. The van der Waals surface area contributed by atoms with E-state index in [2.05, 4.69) is 10.5 Å². The van der Waals surface area contributed by atoms with Gasteiger partial charge in [0.1, 0.15) is 5.69 Å². The van der Waals surface area contributed by atoms with Crippen LogP contribution in [0.25, 0.3) is 11.3 Å². The molecule has 0 aliphatic heterocycles.